The van der Waals surface area contributed by atoms with E-state index in [1.165, 1.54) is 29.1 Å². The van der Waals surface area contributed by atoms with Gasteiger partial charge in [0.2, 0.25) is 0 Å². The molecule has 1 aromatic carbocycles. The van der Waals surface area contributed by atoms with Gasteiger partial charge in [-0.1, -0.05) is 0 Å². The van der Waals surface area contributed by atoms with Gasteiger partial charge in [-0.3, -0.25) is 9.80 Å². The summed E-state index contributed by atoms with van der Waals surface area (Å²) in [4.78, 5) is 13.4. The van der Waals surface area contributed by atoms with Gasteiger partial charge in [-0.15, -0.1) is 0 Å². The number of alkyl halides is 3. The van der Waals surface area contributed by atoms with Crippen molar-refractivity contribution in [2.75, 3.05) is 18.5 Å². The van der Waals surface area contributed by atoms with Gasteiger partial charge in [-0.05, 0) is 32.0 Å². The molecule has 0 bridgehead atoms. The normalized spacial score (nSPS) is 20.9. The molecule has 2 rings (SSSR count). The Morgan fingerprint density at radius 2 is 2.04 bits per heavy atom. The molecule has 24 heavy (non-hydrogen) atoms. The lowest BCUT2D eigenvalue weighted by Gasteiger charge is -2.50. The Kier molecular flexibility index (Phi) is 4.48. The fourth-order valence-electron chi connectivity index (χ4n) is 2.81. The molecule has 0 saturated carbocycles. The van der Waals surface area contributed by atoms with E-state index in [-0.39, 0.29) is 12.2 Å². The van der Waals surface area contributed by atoms with Gasteiger partial charge in [0.1, 0.15) is 6.54 Å². The van der Waals surface area contributed by atoms with Crippen LogP contribution < -0.4 is 10.3 Å². The Bertz CT molecular complexity index is 697. The number of aliphatic hydroxyl groups is 1. The van der Waals surface area contributed by atoms with Crippen LogP contribution in [0.5, 0.6) is 0 Å². The molecular formula is C15H17F3N4O2. The molecule has 0 radical (unpaired) electrons. The maximum Gasteiger partial charge on any atom is 0.417 e. The first-order chi connectivity index (χ1) is 11.0. The predicted octanol–water partition coefficient (Wildman–Crippen LogP) is 1.46. The summed E-state index contributed by atoms with van der Waals surface area (Å²) in [5, 5.41) is 20.6. The standard InChI is InChI=1S/C15H17F3N4O2/c1-14(2)13(24)21(8-12(23)22(14)20-3)10-5-4-9(7-19)11(6-10)15(16,17)18/h4-6,13,20,24H,8H2,1-3H3. The highest BCUT2D eigenvalue weighted by Crippen LogP contribution is 2.36. The summed E-state index contributed by atoms with van der Waals surface area (Å²) >= 11 is 0. The van der Waals surface area contributed by atoms with Gasteiger partial charge >= 0.3 is 6.18 Å². The van der Waals surface area contributed by atoms with E-state index < -0.39 is 35.0 Å². The van der Waals surface area contributed by atoms with Crippen LogP contribution >= 0.6 is 0 Å². The first-order valence-corrected chi connectivity index (χ1v) is 7.10. The summed E-state index contributed by atoms with van der Waals surface area (Å²) in [6.07, 6.45) is -5.95. The third-order valence-electron chi connectivity index (χ3n) is 4.04. The summed E-state index contributed by atoms with van der Waals surface area (Å²) in [5.74, 6) is -0.397. The molecule has 0 spiro atoms. The number of aliphatic hydroxyl groups excluding tert-OH is 1. The largest absolute Gasteiger partial charge is 0.417 e. The lowest BCUT2D eigenvalue weighted by atomic mass is 9.96. The van der Waals surface area contributed by atoms with E-state index in [1.54, 1.807) is 13.8 Å². The minimum Gasteiger partial charge on any atom is -0.371 e. The fourth-order valence-corrected chi connectivity index (χ4v) is 2.81. The minimum atomic E-state index is -4.71. The average Bonchev–Trinajstić information content (AvgIpc) is 2.49. The maximum absolute atomic E-state index is 13.1. The van der Waals surface area contributed by atoms with Gasteiger partial charge in [0, 0.05) is 12.7 Å². The highest BCUT2D eigenvalue weighted by Gasteiger charge is 2.46. The molecule has 9 heteroatoms. The Morgan fingerprint density at radius 3 is 2.54 bits per heavy atom. The van der Waals surface area contributed by atoms with Crippen LogP contribution in [0.3, 0.4) is 0 Å². The third kappa shape index (κ3) is 2.90. The molecule has 0 aliphatic carbocycles. The first kappa shape index (κ1) is 18.0. The molecule has 1 atom stereocenters. The van der Waals surface area contributed by atoms with Crippen molar-refractivity contribution >= 4 is 11.6 Å². The molecule has 1 heterocycles. The molecule has 1 unspecified atom stereocenters. The van der Waals surface area contributed by atoms with E-state index in [4.69, 9.17) is 5.26 Å². The fraction of sp³-hybridized carbons (Fsp3) is 0.467. The summed E-state index contributed by atoms with van der Waals surface area (Å²) in [7, 11) is 1.52. The number of hydrogen-bond acceptors (Lipinski definition) is 5. The number of nitriles is 1. The number of nitrogens with zero attached hydrogens (tertiary/aromatic N) is 3. The monoisotopic (exact) mass is 342 g/mol. The molecule has 1 amide bonds. The quantitative estimate of drug-likeness (QED) is 0.851. The third-order valence-corrected chi connectivity index (χ3v) is 4.04. The van der Waals surface area contributed by atoms with Gasteiger partial charge in [0.05, 0.1) is 22.7 Å². The van der Waals surface area contributed by atoms with Crippen LogP contribution in [0.4, 0.5) is 18.9 Å². The topological polar surface area (TPSA) is 79.6 Å². The van der Waals surface area contributed by atoms with E-state index >= 15 is 0 Å². The molecule has 6 nitrogen and oxygen atoms in total. The van der Waals surface area contributed by atoms with E-state index in [0.717, 1.165) is 12.1 Å². The van der Waals surface area contributed by atoms with Crippen molar-refractivity contribution < 1.29 is 23.1 Å². The van der Waals surface area contributed by atoms with Crippen LogP contribution in [-0.2, 0) is 11.0 Å². The second kappa shape index (κ2) is 5.96. The number of anilines is 1. The zero-order valence-corrected chi connectivity index (χ0v) is 13.3. The first-order valence-electron chi connectivity index (χ1n) is 7.10. The molecule has 130 valence electrons. The predicted molar refractivity (Wildman–Crippen MR) is 79.5 cm³/mol. The Labute approximate surface area is 137 Å². The van der Waals surface area contributed by atoms with Crippen LogP contribution in [0, 0.1) is 11.3 Å². The van der Waals surface area contributed by atoms with Crippen molar-refractivity contribution in [1.29, 1.82) is 5.26 Å². The van der Waals surface area contributed by atoms with Crippen molar-refractivity contribution in [3.63, 3.8) is 0 Å². The minimum absolute atomic E-state index is 0.0194. The second-order valence-corrected chi connectivity index (χ2v) is 5.95. The number of carbonyl (C=O) groups is 1. The molecule has 1 fully saturated rings. The van der Waals surface area contributed by atoms with Crippen LogP contribution in [0.2, 0.25) is 0 Å². The number of nitrogens with one attached hydrogen (secondary N) is 1. The average molecular weight is 342 g/mol. The number of hydrogen-bond donors (Lipinski definition) is 2. The van der Waals surface area contributed by atoms with E-state index in [0.29, 0.717) is 0 Å². The number of benzene rings is 1. The Morgan fingerprint density at radius 1 is 1.42 bits per heavy atom. The smallest absolute Gasteiger partial charge is 0.371 e. The highest BCUT2D eigenvalue weighted by molar-refractivity contribution is 5.84. The summed E-state index contributed by atoms with van der Waals surface area (Å²) in [6, 6.07) is 4.60. The number of halogens is 3. The highest BCUT2D eigenvalue weighted by atomic mass is 19.4. The lowest BCUT2D eigenvalue weighted by molar-refractivity contribution is -0.152. The summed E-state index contributed by atoms with van der Waals surface area (Å²) in [5.41, 5.74) is 0.00610. The number of carbonyl (C=O) groups excluding carboxylic acids is 1. The zero-order chi connectivity index (χ0) is 18.3. The van der Waals surface area contributed by atoms with Crippen LogP contribution in [-0.4, -0.2) is 41.4 Å². The summed E-state index contributed by atoms with van der Waals surface area (Å²) < 4.78 is 39.3. The summed E-state index contributed by atoms with van der Waals surface area (Å²) in [6.45, 7) is 2.88. The van der Waals surface area contributed by atoms with Crippen LogP contribution in [0.1, 0.15) is 25.0 Å². The van der Waals surface area contributed by atoms with Gasteiger partial charge < -0.3 is 10.0 Å². The van der Waals surface area contributed by atoms with Gasteiger partial charge in [-0.25, -0.2) is 5.43 Å². The van der Waals surface area contributed by atoms with Crippen molar-refractivity contribution in [1.82, 2.24) is 10.4 Å². The molecule has 2 N–H and O–H groups in total. The van der Waals surface area contributed by atoms with Gasteiger partial charge in [0.15, 0.2) is 6.23 Å². The molecule has 0 aromatic heterocycles. The van der Waals surface area contributed by atoms with E-state index in [2.05, 4.69) is 5.43 Å². The number of piperazine rings is 1. The van der Waals surface area contributed by atoms with E-state index in [9.17, 15) is 23.1 Å². The Hall–Kier alpha value is -2.31. The van der Waals surface area contributed by atoms with Crippen molar-refractivity contribution in [3.05, 3.63) is 29.3 Å². The van der Waals surface area contributed by atoms with Crippen molar-refractivity contribution in [3.8, 4) is 6.07 Å². The second-order valence-electron chi connectivity index (χ2n) is 5.95. The molecule has 1 aliphatic rings. The van der Waals surface area contributed by atoms with E-state index in [1.807, 2.05) is 0 Å². The van der Waals surface area contributed by atoms with Crippen molar-refractivity contribution in [2.45, 2.75) is 31.8 Å². The lowest BCUT2D eigenvalue weighted by Crippen LogP contribution is -2.70. The molecule has 1 aliphatic heterocycles. The zero-order valence-electron chi connectivity index (χ0n) is 13.3. The van der Waals surface area contributed by atoms with Gasteiger partial charge in [0.25, 0.3) is 5.91 Å². The Balaban J connectivity index is 2.49. The molecule has 1 aromatic rings. The number of amides is 1. The SMILES string of the molecule is CNN1C(=O)CN(c2ccc(C#N)c(C(F)(F)F)c2)C(O)C1(C)C. The van der Waals surface area contributed by atoms with Crippen LogP contribution in [0.25, 0.3) is 0 Å². The van der Waals surface area contributed by atoms with Crippen LogP contribution in [0.15, 0.2) is 18.2 Å². The number of hydrazine groups is 1. The maximum atomic E-state index is 13.1. The molecular weight excluding hydrogens is 325 g/mol. The molecule has 1 saturated heterocycles. The number of rotatable bonds is 2. The van der Waals surface area contributed by atoms with Crippen molar-refractivity contribution in [2.24, 2.45) is 0 Å². The van der Waals surface area contributed by atoms with Gasteiger partial charge in [-0.2, -0.15) is 18.4 Å².